The summed E-state index contributed by atoms with van der Waals surface area (Å²) >= 11 is 0. The summed E-state index contributed by atoms with van der Waals surface area (Å²) in [6.45, 7) is 1.54. The Morgan fingerprint density at radius 1 is 0.704 bits per heavy atom. The molecule has 1 aliphatic rings. The summed E-state index contributed by atoms with van der Waals surface area (Å²) in [5.74, 6) is -28.4. The predicted molar refractivity (Wildman–Crippen MR) is 65.9 cm³/mol. The number of rotatable bonds is 6. The van der Waals surface area contributed by atoms with Gasteiger partial charge in [-0.3, -0.25) is 0 Å². The maximum absolute atomic E-state index is 14.4. The van der Waals surface area contributed by atoms with Crippen molar-refractivity contribution >= 4 is 10.1 Å². The number of hydrogen-bond donors (Lipinski definition) is 0. The van der Waals surface area contributed by atoms with Gasteiger partial charge in [0.1, 0.15) is 10.1 Å². The molecule has 0 heterocycles. The zero-order valence-corrected chi connectivity index (χ0v) is 17.9. The number of hydrogen-bond acceptors (Lipinski definition) is 3. The SMILES string of the molecule is CCCCCCC1(F)C(F)(F)C(F)(F)C(F)(S(=O)(=O)[O-])C(F)(F)C1(F)F.[K+]. The van der Waals surface area contributed by atoms with Crippen molar-refractivity contribution in [1.82, 2.24) is 0 Å². The molecule has 0 aromatic heterocycles. The molecule has 0 amide bonds. The summed E-state index contributed by atoms with van der Waals surface area (Å²) < 4.78 is 170. The second-order valence-electron chi connectivity index (χ2n) is 5.96. The minimum absolute atomic E-state index is 0. The van der Waals surface area contributed by atoms with E-state index in [0.717, 1.165) is 0 Å². The largest absolute Gasteiger partial charge is 1.00 e. The Labute approximate surface area is 190 Å². The van der Waals surface area contributed by atoms with Crippen LogP contribution in [0.25, 0.3) is 0 Å². The van der Waals surface area contributed by atoms with E-state index in [4.69, 9.17) is 0 Å². The third kappa shape index (κ3) is 3.30. The monoisotopic (exact) mass is 466 g/mol. The molecule has 0 aromatic carbocycles. The first-order valence-electron chi connectivity index (χ1n) is 7.15. The van der Waals surface area contributed by atoms with Crippen LogP contribution in [-0.4, -0.2) is 47.3 Å². The second kappa shape index (κ2) is 7.83. The van der Waals surface area contributed by atoms with Crippen LogP contribution in [0, 0.1) is 0 Å². The smallest absolute Gasteiger partial charge is 0.745 e. The van der Waals surface area contributed by atoms with Crippen molar-refractivity contribution in [1.29, 1.82) is 0 Å². The topological polar surface area (TPSA) is 57.2 Å². The molecule has 0 bridgehead atoms. The Hall–Kier alpha value is 0.846. The van der Waals surface area contributed by atoms with E-state index < -0.39 is 57.3 Å². The molecule has 0 N–H and O–H groups in total. The van der Waals surface area contributed by atoms with Crippen molar-refractivity contribution in [2.45, 2.75) is 73.4 Å². The average molecular weight is 466 g/mol. The Morgan fingerprint density at radius 2 is 1.07 bits per heavy atom. The fourth-order valence-electron chi connectivity index (χ4n) is 2.72. The van der Waals surface area contributed by atoms with Gasteiger partial charge in [0.25, 0.3) is 0 Å². The minimum Gasteiger partial charge on any atom is -0.745 e. The molecule has 1 aliphatic carbocycles. The van der Waals surface area contributed by atoms with Crippen LogP contribution in [0.15, 0.2) is 0 Å². The molecule has 0 aromatic rings. The zero-order valence-electron chi connectivity index (χ0n) is 13.9. The van der Waals surface area contributed by atoms with Gasteiger partial charge in [-0.1, -0.05) is 26.2 Å². The molecule has 27 heavy (non-hydrogen) atoms. The first kappa shape index (κ1) is 27.8. The number of halogens is 10. The quantitative estimate of drug-likeness (QED) is 0.258. The fourth-order valence-corrected chi connectivity index (χ4v) is 3.60. The van der Waals surface area contributed by atoms with Crippen molar-refractivity contribution in [3.8, 4) is 0 Å². The minimum atomic E-state index is -7.81. The van der Waals surface area contributed by atoms with Gasteiger partial charge in [-0.25, -0.2) is 17.2 Å². The molecule has 0 radical (unpaired) electrons. The third-order valence-electron chi connectivity index (χ3n) is 4.31. The van der Waals surface area contributed by atoms with Crippen LogP contribution in [0.4, 0.5) is 43.9 Å². The van der Waals surface area contributed by atoms with Crippen molar-refractivity contribution < 1.29 is 108 Å². The van der Waals surface area contributed by atoms with E-state index in [-0.39, 0.29) is 64.2 Å². The van der Waals surface area contributed by atoms with E-state index in [1.165, 1.54) is 6.92 Å². The summed E-state index contributed by atoms with van der Waals surface area (Å²) in [4.78, 5) is 0. The van der Waals surface area contributed by atoms with Crippen molar-refractivity contribution in [2.24, 2.45) is 0 Å². The van der Waals surface area contributed by atoms with Crippen LogP contribution in [0.2, 0.25) is 0 Å². The molecule has 156 valence electrons. The van der Waals surface area contributed by atoms with Crippen LogP contribution in [0.1, 0.15) is 39.0 Å². The number of unbranched alkanes of at least 4 members (excludes halogenated alkanes) is 3. The van der Waals surface area contributed by atoms with Crippen LogP contribution < -0.4 is 51.4 Å². The van der Waals surface area contributed by atoms with Crippen LogP contribution in [0.5, 0.6) is 0 Å². The predicted octanol–water partition coefficient (Wildman–Crippen LogP) is 1.43. The normalized spacial score (nSPS) is 33.9. The molecule has 0 saturated heterocycles. The Morgan fingerprint density at radius 3 is 1.37 bits per heavy atom. The molecular formula is C12H13F10KO3S. The molecule has 1 saturated carbocycles. The molecule has 0 unspecified atom stereocenters. The number of alkyl halides is 10. The third-order valence-corrected chi connectivity index (χ3v) is 5.51. The molecule has 0 spiro atoms. The maximum atomic E-state index is 14.4. The maximum Gasteiger partial charge on any atom is 1.00 e. The molecule has 0 atom stereocenters. The summed E-state index contributed by atoms with van der Waals surface area (Å²) in [5.41, 5.74) is -6.00. The first-order valence-corrected chi connectivity index (χ1v) is 8.56. The van der Waals surface area contributed by atoms with E-state index in [2.05, 4.69) is 0 Å². The first-order chi connectivity index (χ1) is 11.3. The molecule has 1 rings (SSSR count). The van der Waals surface area contributed by atoms with E-state index >= 15 is 0 Å². The molecule has 3 nitrogen and oxygen atoms in total. The van der Waals surface area contributed by atoms with Crippen molar-refractivity contribution in [2.75, 3.05) is 0 Å². The van der Waals surface area contributed by atoms with Gasteiger partial charge in [0.2, 0.25) is 5.67 Å². The Balaban J connectivity index is 0.00000676. The van der Waals surface area contributed by atoms with Crippen LogP contribution in [0.3, 0.4) is 0 Å². The van der Waals surface area contributed by atoms with Crippen molar-refractivity contribution in [3.63, 3.8) is 0 Å². The molecule has 1 fully saturated rings. The van der Waals surface area contributed by atoms with Gasteiger partial charge < -0.3 is 4.55 Å². The zero-order chi connectivity index (χ0) is 21.0. The summed E-state index contributed by atoms with van der Waals surface area (Å²) in [7, 11) is -7.81. The van der Waals surface area contributed by atoms with Gasteiger partial charge in [-0.2, -0.15) is 35.1 Å². The van der Waals surface area contributed by atoms with Crippen LogP contribution in [-0.2, 0) is 10.1 Å². The van der Waals surface area contributed by atoms with Gasteiger partial charge in [-0.05, 0) is 12.8 Å². The van der Waals surface area contributed by atoms with Gasteiger partial charge in [0, 0.05) is 0 Å². The second-order valence-corrected chi connectivity index (χ2v) is 7.43. The van der Waals surface area contributed by atoms with E-state index in [0.29, 0.717) is 6.42 Å². The average Bonchev–Trinajstić information content (AvgIpc) is 2.47. The van der Waals surface area contributed by atoms with Gasteiger partial charge >= 0.3 is 80.1 Å². The fraction of sp³-hybridized carbons (Fsp3) is 1.00. The summed E-state index contributed by atoms with van der Waals surface area (Å²) in [6, 6.07) is 0. The molecule has 0 aliphatic heterocycles. The summed E-state index contributed by atoms with van der Waals surface area (Å²) in [5, 5.41) is -7.26. The van der Waals surface area contributed by atoms with Gasteiger partial charge in [0.05, 0.1) is 0 Å². The van der Waals surface area contributed by atoms with E-state index in [9.17, 15) is 56.9 Å². The van der Waals surface area contributed by atoms with Gasteiger partial charge in [-0.15, -0.1) is 0 Å². The summed E-state index contributed by atoms with van der Waals surface area (Å²) in [6.07, 6.45) is -3.03. The Kier molecular flexibility index (Phi) is 8.08. The van der Waals surface area contributed by atoms with Gasteiger partial charge in [0.15, 0.2) is 0 Å². The Bertz CT molecular complexity index is 624. The standard InChI is InChI=1S/C12H14F10O3S.K/c1-2-3-4-5-6-7(13)8(14,15)10(18,19)12(22,26(23,24)25)11(20,21)9(7,16)17;/h2-6H2,1H3,(H,23,24,25);/q;+1/p-1. The van der Waals surface area contributed by atoms with Crippen LogP contribution >= 0.6 is 0 Å². The van der Waals surface area contributed by atoms with Crippen molar-refractivity contribution in [3.05, 3.63) is 0 Å². The van der Waals surface area contributed by atoms with E-state index in [1.54, 1.807) is 0 Å². The molecular weight excluding hydrogens is 453 g/mol. The molecule has 15 heteroatoms. The van der Waals surface area contributed by atoms with E-state index in [1.807, 2.05) is 0 Å².